The van der Waals surface area contributed by atoms with Crippen molar-refractivity contribution in [1.29, 1.82) is 0 Å². The van der Waals surface area contributed by atoms with Crippen molar-refractivity contribution in [2.24, 2.45) is 0 Å². The number of alkyl halides is 1. The molecule has 0 bridgehead atoms. The molecule has 1 nitrogen and oxygen atoms in total. The van der Waals surface area contributed by atoms with E-state index in [1.807, 2.05) is 0 Å². The predicted molar refractivity (Wildman–Crippen MR) is 85.7 cm³/mol. The molecule has 0 fully saturated rings. The molecule has 1 N–H and O–H groups in total. The minimum atomic E-state index is -0.129. The van der Waals surface area contributed by atoms with Crippen LogP contribution < -0.4 is 0 Å². The third-order valence-electron chi connectivity index (χ3n) is 3.30. The van der Waals surface area contributed by atoms with Gasteiger partial charge in [0.05, 0.1) is 0 Å². The smallest absolute Gasteiger partial charge is 0.105 e. The molecular formula is C15H31IO. The molecule has 0 aromatic heterocycles. The summed E-state index contributed by atoms with van der Waals surface area (Å²) >= 11 is 2.09. The molecule has 104 valence electrons. The fraction of sp³-hybridized carbons (Fsp3) is 1.00. The quantitative estimate of drug-likeness (QED) is 0.251. The molecule has 1 atom stereocenters. The van der Waals surface area contributed by atoms with Crippen molar-refractivity contribution in [1.82, 2.24) is 0 Å². The summed E-state index contributed by atoms with van der Waals surface area (Å²) < 4.78 is -0.129. The Balaban J connectivity index is 2.89. The van der Waals surface area contributed by atoms with E-state index in [0.717, 1.165) is 6.42 Å². The van der Waals surface area contributed by atoms with Gasteiger partial charge in [-0.2, -0.15) is 0 Å². The first-order valence-corrected chi connectivity index (χ1v) is 8.84. The van der Waals surface area contributed by atoms with Crippen LogP contribution in [0.2, 0.25) is 0 Å². The van der Waals surface area contributed by atoms with E-state index >= 15 is 0 Å². The van der Waals surface area contributed by atoms with Gasteiger partial charge in [0.15, 0.2) is 0 Å². The van der Waals surface area contributed by atoms with Gasteiger partial charge in [0.1, 0.15) is 4.11 Å². The van der Waals surface area contributed by atoms with Gasteiger partial charge in [0.25, 0.3) is 0 Å². The topological polar surface area (TPSA) is 20.2 Å². The van der Waals surface area contributed by atoms with Crippen molar-refractivity contribution in [2.45, 2.75) is 94.5 Å². The third-order valence-corrected chi connectivity index (χ3v) is 3.92. The predicted octanol–water partition coefficient (Wildman–Crippen LogP) is 5.83. The van der Waals surface area contributed by atoms with Gasteiger partial charge in [-0.3, -0.25) is 0 Å². The molecule has 0 aliphatic heterocycles. The minimum absolute atomic E-state index is 0.129. The Labute approximate surface area is 122 Å². The van der Waals surface area contributed by atoms with Gasteiger partial charge in [0, 0.05) is 0 Å². The molecule has 0 saturated carbocycles. The Morgan fingerprint density at radius 3 is 1.41 bits per heavy atom. The highest BCUT2D eigenvalue weighted by molar-refractivity contribution is 14.1. The second-order valence-electron chi connectivity index (χ2n) is 5.11. The van der Waals surface area contributed by atoms with Crippen molar-refractivity contribution in [3.63, 3.8) is 0 Å². The van der Waals surface area contributed by atoms with Crippen molar-refractivity contribution in [3.05, 3.63) is 0 Å². The van der Waals surface area contributed by atoms with Crippen LogP contribution in [0.3, 0.4) is 0 Å². The van der Waals surface area contributed by atoms with Gasteiger partial charge >= 0.3 is 0 Å². The third kappa shape index (κ3) is 16.7. The molecule has 0 rings (SSSR count). The Morgan fingerprint density at radius 1 is 0.706 bits per heavy atom. The van der Waals surface area contributed by atoms with Crippen molar-refractivity contribution >= 4 is 22.6 Å². The summed E-state index contributed by atoms with van der Waals surface area (Å²) in [5.74, 6) is 0. The lowest BCUT2D eigenvalue weighted by molar-refractivity contribution is 0.263. The van der Waals surface area contributed by atoms with Gasteiger partial charge < -0.3 is 5.11 Å². The summed E-state index contributed by atoms with van der Waals surface area (Å²) in [5, 5.41) is 9.10. The first-order chi connectivity index (χ1) is 8.27. The zero-order valence-electron chi connectivity index (χ0n) is 11.6. The van der Waals surface area contributed by atoms with E-state index in [2.05, 4.69) is 29.5 Å². The second kappa shape index (κ2) is 14.7. The number of aliphatic hydroxyl groups excluding tert-OH is 1. The van der Waals surface area contributed by atoms with E-state index in [9.17, 15) is 0 Å². The molecule has 0 aromatic carbocycles. The molecule has 17 heavy (non-hydrogen) atoms. The average Bonchev–Trinajstić information content (AvgIpc) is 2.30. The molecule has 0 aliphatic rings. The standard InChI is InChI=1S/C15H31IO/c1-2-3-4-5-6-7-8-9-10-11-12-13-14-15(16)17/h15,17H,2-14H2,1H3. The van der Waals surface area contributed by atoms with Gasteiger partial charge in [-0.15, -0.1) is 0 Å². The van der Waals surface area contributed by atoms with E-state index in [-0.39, 0.29) is 4.11 Å². The largest absolute Gasteiger partial charge is 0.383 e. The summed E-state index contributed by atoms with van der Waals surface area (Å²) in [5.41, 5.74) is 0. The van der Waals surface area contributed by atoms with Crippen LogP contribution in [0.25, 0.3) is 0 Å². The summed E-state index contributed by atoms with van der Waals surface area (Å²) in [6.07, 6.45) is 17.6. The number of aliphatic hydroxyl groups is 1. The lowest BCUT2D eigenvalue weighted by Crippen LogP contribution is -1.93. The fourth-order valence-corrected chi connectivity index (χ4v) is 2.59. The zero-order valence-corrected chi connectivity index (χ0v) is 13.8. The van der Waals surface area contributed by atoms with Crippen LogP contribution in [0.4, 0.5) is 0 Å². The molecule has 0 amide bonds. The minimum Gasteiger partial charge on any atom is -0.383 e. The van der Waals surface area contributed by atoms with Gasteiger partial charge in [-0.25, -0.2) is 0 Å². The summed E-state index contributed by atoms with van der Waals surface area (Å²) in [4.78, 5) is 0. The van der Waals surface area contributed by atoms with Crippen LogP contribution in [0.5, 0.6) is 0 Å². The Hall–Kier alpha value is 0.690. The van der Waals surface area contributed by atoms with Crippen LogP contribution in [-0.4, -0.2) is 9.22 Å². The normalized spacial score (nSPS) is 12.9. The van der Waals surface area contributed by atoms with Crippen molar-refractivity contribution < 1.29 is 5.11 Å². The van der Waals surface area contributed by atoms with Crippen LogP contribution in [0.15, 0.2) is 0 Å². The molecule has 0 radical (unpaired) electrons. The number of hydrogen-bond acceptors (Lipinski definition) is 1. The summed E-state index contributed by atoms with van der Waals surface area (Å²) in [7, 11) is 0. The maximum atomic E-state index is 9.10. The van der Waals surface area contributed by atoms with E-state index in [4.69, 9.17) is 5.11 Å². The lowest BCUT2D eigenvalue weighted by atomic mass is 10.0. The highest BCUT2D eigenvalue weighted by atomic mass is 127. The monoisotopic (exact) mass is 354 g/mol. The number of hydrogen-bond donors (Lipinski definition) is 1. The van der Waals surface area contributed by atoms with E-state index in [1.54, 1.807) is 0 Å². The van der Waals surface area contributed by atoms with Crippen molar-refractivity contribution in [3.8, 4) is 0 Å². The SMILES string of the molecule is CCCCCCCCCCCCCCC(O)I. The highest BCUT2D eigenvalue weighted by Gasteiger charge is 1.97. The average molecular weight is 354 g/mol. The first-order valence-electron chi connectivity index (χ1n) is 7.59. The van der Waals surface area contributed by atoms with E-state index in [1.165, 1.54) is 77.0 Å². The lowest BCUT2D eigenvalue weighted by Gasteiger charge is -2.03. The molecule has 0 heterocycles. The van der Waals surface area contributed by atoms with Crippen LogP contribution >= 0.6 is 22.6 Å². The number of unbranched alkanes of at least 4 members (excludes halogenated alkanes) is 11. The summed E-state index contributed by atoms with van der Waals surface area (Å²) in [6, 6.07) is 0. The Morgan fingerprint density at radius 2 is 1.06 bits per heavy atom. The zero-order chi connectivity index (χ0) is 12.8. The molecule has 0 aromatic rings. The molecule has 0 spiro atoms. The maximum Gasteiger partial charge on any atom is 0.105 e. The fourth-order valence-electron chi connectivity index (χ4n) is 2.15. The second-order valence-corrected chi connectivity index (χ2v) is 6.55. The van der Waals surface area contributed by atoms with Crippen LogP contribution in [0.1, 0.15) is 90.4 Å². The Kier molecular flexibility index (Phi) is 15.3. The van der Waals surface area contributed by atoms with E-state index < -0.39 is 0 Å². The highest BCUT2D eigenvalue weighted by Crippen LogP contribution is 2.13. The molecule has 1 unspecified atom stereocenters. The number of halogens is 1. The number of rotatable bonds is 13. The van der Waals surface area contributed by atoms with Gasteiger partial charge in [-0.1, -0.05) is 107 Å². The molecule has 0 saturated heterocycles. The van der Waals surface area contributed by atoms with Crippen LogP contribution in [-0.2, 0) is 0 Å². The van der Waals surface area contributed by atoms with Gasteiger partial charge in [0.2, 0.25) is 0 Å². The van der Waals surface area contributed by atoms with Crippen LogP contribution in [0, 0.1) is 0 Å². The first kappa shape index (κ1) is 17.7. The Bertz CT molecular complexity index is 137. The summed E-state index contributed by atoms with van der Waals surface area (Å²) in [6.45, 7) is 2.27. The van der Waals surface area contributed by atoms with Gasteiger partial charge in [-0.05, 0) is 6.42 Å². The van der Waals surface area contributed by atoms with Crippen molar-refractivity contribution in [2.75, 3.05) is 0 Å². The molecule has 2 heteroatoms. The van der Waals surface area contributed by atoms with E-state index in [0.29, 0.717) is 0 Å². The molecular weight excluding hydrogens is 323 g/mol. The molecule has 0 aliphatic carbocycles. The maximum absolute atomic E-state index is 9.10.